The third-order valence-electron chi connectivity index (χ3n) is 3.74. The van der Waals surface area contributed by atoms with Crippen molar-refractivity contribution in [1.82, 2.24) is 4.90 Å². The van der Waals surface area contributed by atoms with Crippen LogP contribution in [-0.2, 0) is 11.3 Å². The summed E-state index contributed by atoms with van der Waals surface area (Å²) in [5.74, 6) is 0.945. The van der Waals surface area contributed by atoms with Crippen LogP contribution in [0.25, 0.3) is 0 Å². The number of nitrogens with zero attached hydrogens (tertiary/aromatic N) is 1. The standard InChI is InChI=1S/C16H25NO2/c1-3-9-17(15-7-10-19-11-8-15)13-14-5-4-6-16(12-14)18-2/h4-6,12,15H,3,7-11,13H2,1-2H3. The van der Waals surface area contributed by atoms with Crippen LogP contribution in [0, 0.1) is 0 Å². The van der Waals surface area contributed by atoms with Gasteiger partial charge in [-0.05, 0) is 43.5 Å². The number of benzene rings is 1. The Kier molecular flexibility index (Phi) is 5.67. The van der Waals surface area contributed by atoms with Crippen molar-refractivity contribution < 1.29 is 9.47 Å². The Morgan fingerprint density at radius 1 is 1.32 bits per heavy atom. The summed E-state index contributed by atoms with van der Waals surface area (Å²) in [4.78, 5) is 2.59. The molecular weight excluding hydrogens is 238 g/mol. The minimum absolute atomic E-state index is 0.667. The van der Waals surface area contributed by atoms with Crippen LogP contribution in [0.5, 0.6) is 5.75 Å². The van der Waals surface area contributed by atoms with Gasteiger partial charge in [0.2, 0.25) is 0 Å². The lowest BCUT2D eigenvalue weighted by Gasteiger charge is -2.34. The molecule has 0 N–H and O–H groups in total. The largest absolute Gasteiger partial charge is 0.497 e. The van der Waals surface area contributed by atoms with Crippen LogP contribution in [0.2, 0.25) is 0 Å². The maximum Gasteiger partial charge on any atom is 0.119 e. The monoisotopic (exact) mass is 263 g/mol. The fraction of sp³-hybridized carbons (Fsp3) is 0.625. The van der Waals surface area contributed by atoms with Gasteiger partial charge in [-0.25, -0.2) is 0 Å². The van der Waals surface area contributed by atoms with E-state index in [1.165, 1.54) is 12.0 Å². The molecule has 0 amide bonds. The van der Waals surface area contributed by atoms with E-state index in [1.807, 2.05) is 6.07 Å². The molecule has 0 spiro atoms. The summed E-state index contributed by atoms with van der Waals surface area (Å²) in [6.07, 6.45) is 3.51. The van der Waals surface area contributed by atoms with E-state index in [-0.39, 0.29) is 0 Å². The number of rotatable bonds is 6. The second-order valence-electron chi connectivity index (χ2n) is 5.17. The Hall–Kier alpha value is -1.06. The minimum Gasteiger partial charge on any atom is -0.497 e. The third kappa shape index (κ3) is 4.22. The zero-order valence-electron chi connectivity index (χ0n) is 12.1. The second-order valence-corrected chi connectivity index (χ2v) is 5.17. The smallest absolute Gasteiger partial charge is 0.119 e. The first kappa shape index (κ1) is 14.4. The fourth-order valence-electron chi connectivity index (χ4n) is 2.73. The van der Waals surface area contributed by atoms with Gasteiger partial charge in [-0.2, -0.15) is 0 Å². The van der Waals surface area contributed by atoms with E-state index in [0.717, 1.165) is 44.9 Å². The average molecular weight is 263 g/mol. The molecule has 1 fully saturated rings. The van der Waals surface area contributed by atoms with Crippen molar-refractivity contribution in [2.75, 3.05) is 26.9 Å². The van der Waals surface area contributed by atoms with Crippen molar-refractivity contribution in [1.29, 1.82) is 0 Å². The Labute approximate surface area is 116 Å². The molecule has 0 atom stereocenters. The molecule has 0 aromatic heterocycles. The first-order valence-corrected chi connectivity index (χ1v) is 7.28. The fourth-order valence-corrected chi connectivity index (χ4v) is 2.73. The molecule has 0 aliphatic carbocycles. The van der Waals surface area contributed by atoms with Gasteiger partial charge in [-0.15, -0.1) is 0 Å². The van der Waals surface area contributed by atoms with Gasteiger partial charge in [-0.1, -0.05) is 19.1 Å². The second kappa shape index (κ2) is 7.51. The van der Waals surface area contributed by atoms with Gasteiger partial charge in [0, 0.05) is 25.8 Å². The molecule has 0 radical (unpaired) electrons. The van der Waals surface area contributed by atoms with E-state index < -0.39 is 0 Å². The van der Waals surface area contributed by atoms with E-state index in [1.54, 1.807) is 7.11 Å². The highest BCUT2D eigenvalue weighted by Crippen LogP contribution is 2.20. The van der Waals surface area contributed by atoms with Crippen LogP contribution in [0.4, 0.5) is 0 Å². The lowest BCUT2D eigenvalue weighted by Crippen LogP contribution is -2.39. The molecule has 1 aliphatic rings. The van der Waals surface area contributed by atoms with E-state index in [2.05, 4.69) is 30.0 Å². The SMILES string of the molecule is CCCN(Cc1cccc(OC)c1)C1CCOCC1. The summed E-state index contributed by atoms with van der Waals surface area (Å²) in [7, 11) is 1.72. The molecule has 0 saturated carbocycles. The van der Waals surface area contributed by atoms with E-state index in [9.17, 15) is 0 Å². The molecule has 1 aliphatic heterocycles. The van der Waals surface area contributed by atoms with Gasteiger partial charge < -0.3 is 9.47 Å². The molecule has 3 heteroatoms. The molecule has 2 rings (SSSR count). The van der Waals surface area contributed by atoms with E-state index in [0.29, 0.717) is 6.04 Å². The summed E-state index contributed by atoms with van der Waals surface area (Å²) in [6, 6.07) is 9.07. The predicted molar refractivity (Wildman–Crippen MR) is 77.5 cm³/mol. The molecule has 0 unspecified atom stereocenters. The zero-order chi connectivity index (χ0) is 13.5. The van der Waals surface area contributed by atoms with Crippen LogP contribution in [0.15, 0.2) is 24.3 Å². The molecule has 106 valence electrons. The summed E-state index contributed by atoms with van der Waals surface area (Å²) < 4.78 is 10.8. The third-order valence-corrected chi connectivity index (χ3v) is 3.74. The first-order chi connectivity index (χ1) is 9.33. The van der Waals surface area contributed by atoms with Crippen LogP contribution >= 0.6 is 0 Å². The van der Waals surface area contributed by atoms with E-state index in [4.69, 9.17) is 9.47 Å². The summed E-state index contributed by atoms with van der Waals surface area (Å²) in [6.45, 7) is 6.22. The molecule has 0 bridgehead atoms. The summed E-state index contributed by atoms with van der Waals surface area (Å²) in [5, 5.41) is 0. The highest BCUT2D eigenvalue weighted by Gasteiger charge is 2.20. The van der Waals surface area contributed by atoms with Gasteiger partial charge >= 0.3 is 0 Å². The number of methoxy groups -OCH3 is 1. The summed E-state index contributed by atoms with van der Waals surface area (Å²) >= 11 is 0. The quantitative estimate of drug-likeness (QED) is 0.787. The molecule has 3 nitrogen and oxygen atoms in total. The van der Waals surface area contributed by atoms with Gasteiger partial charge in [0.1, 0.15) is 5.75 Å². The van der Waals surface area contributed by atoms with Crippen molar-refractivity contribution in [2.24, 2.45) is 0 Å². The molecular formula is C16H25NO2. The summed E-state index contributed by atoms with van der Waals surface area (Å²) in [5.41, 5.74) is 1.33. The van der Waals surface area contributed by atoms with Crippen LogP contribution in [-0.4, -0.2) is 37.8 Å². The highest BCUT2D eigenvalue weighted by molar-refractivity contribution is 5.28. The van der Waals surface area contributed by atoms with Crippen molar-refractivity contribution in [3.05, 3.63) is 29.8 Å². The van der Waals surface area contributed by atoms with Crippen molar-refractivity contribution >= 4 is 0 Å². The van der Waals surface area contributed by atoms with Gasteiger partial charge in [0.25, 0.3) is 0 Å². The normalized spacial score (nSPS) is 16.8. The first-order valence-electron chi connectivity index (χ1n) is 7.28. The van der Waals surface area contributed by atoms with Gasteiger partial charge in [0.15, 0.2) is 0 Å². The average Bonchev–Trinajstić information content (AvgIpc) is 2.48. The van der Waals surface area contributed by atoms with Crippen molar-refractivity contribution in [3.63, 3.8) is 0 Å². The Morgan fingerprint density at radius 3 is 2.79 bits per heavy atom. The maximum atomic E-state index is 5.47. The highest BCUT2D eigenvalue weighted by atomic mass is 16.5. The Balaban J connectivity index is 2.01. The van der Waals surface area contributed by atoms with Crippen LogP contribution < -0.4 is 4.74 Å². The molecule has 1 aromatic rings. The minimum atomic E-state index is 0.667. The molecule has 1 heterocycles. The number of hydrogen-bond acceptors (Lipinski definition) is 3. The van der Waals surface area contributed by atoms with Gasteiger partial charge in [-0.3, -0.25) is 4.90 Å². The molecule has 1 aromatic carbocycles. The Bertz CT molecular complexity index is 375. The topological polar surface area (TPSA) is 21.7 Å². The van der Waals surface area contributed by atoms with Crippen molar-refractivity contribution in [3.8, 4) is 5.75 Å². The number of hydrogen-bond donors (Lipinski definition) is 0. The van der Waals surface area contributed by atoms with E-state index >= 15 is 0 Å². The van der Waals surface area contributed by atoms with Crippen LogP contribution in [0.1, 0.15) is 31.7 Å². The zero-order valence-corrected chi connectivity index (χ0v) is 12.1. The predicted octanol–water partition coefficient (Wildman–Crippen LogP) is 3.09. The maximum absolute atomic E-state index is 5.47. The lowest BCUT2D eigenvalue weighted by atomic mass is 10.1. The van der Waals surface area contributed by atoms with Crippen molar-refractivity contribution in [2.45, 2.75) is 38.8 Å². The molecule has 19 heavy (non-hydrogen) atoms. The lowest BCUT2D eigenvalue weighted by molar-refractivity contribution is 0.0309. The number of ether oxygens (including phenoxy) is 2. The Morgan fingerprint density at radius 2 is 2.11 bits per heavy atom. The van der Waals surface area contributed by atoms with Crippen LogP contribution in [0.3, 0.4) is 0 Å². The van der Waals surface area contributed by atoms with Gasteiger partial charge in [0.05, 0.1) is 7.11 Å². The molecule has 1 saturated heterocycles.